The van der Waals surface area contributed by atoms with E-state index in [1.165, 1.54) is 0 Å². The van der Waals surface area contributed by atoms with Crippen LogP contribution < -0.4 is 4.74 Å². The van der Waals surface area contributed by atoms with Gasteiger partial charge in [-0.15, -0.1) is 0 Å². The third-order valence-electron chi connectivity index (χ3n) is 2.95. The molecule has 0 fully saturated rings. The minimum atomic E-state index is -0.0885. The average Bonchev–Trinajstić information content (AvgIpc) is 2.46. The van der Waals surface area contributed by atoms with Crippen LogP contribution in [0.1, 0.15) is 22.4 Å². The fraction of sp³-hybridized carbons (Fsp3) is 0.188. The molecule has 0 aliphatic rings. The first-order valence-corrected chi connectivity index (χ1v) is 6.14. The number of ether oxygens (including phenoxy) is 1. The summed E-state index contributed by atoms with van der Waals surface area (Å²) in [5.41, 5.74) is 3.38. The summed E-state index contributed by atoms with van der Waals surface area (Å²) < 4.78 is 5.82. The number of rotatable bonds is 5. The second-order valence-corrected chi connectivity index (χ2v) is 4.24. The topological polar surface area (TPSA) is 42.4 Å². The van der Waals surface area contributed by atoms with Crippen LogP contribution in [-0.2, 0) is 13.2 Å². The van der Waals surface area contributed by atoms with Gasteiger partial charge in [0.1, 0.15) is 12.4 Å². The summed E-state index contributed by atoms with van der Waals surface area (Å²) in [4.78, 5) is 4.26. The molecule has 1 heterocycles. The van der Waals surface area contributed by atoms with Crippen LogP contribution in [0.5, 0.6) is 5.75 Å². The molecule has 0 radical (unpaired) electrons. The van der Waals surface area contributed by atoms with Crippen molar-refractivity contribution in [2.24, 2.45) is 0 Å². The van der Waals surface area contributed by atoms with E-state index < -0.39 is 0 Å². The van der Waals surface area contributed by atoms with Crippen LogP contribution in [0.25, 0.3) is 6.08 Å². The highest BCUT2D eigenvalue weighted by Crippen LogP contribution is 2.26. The Morgan fingerprint density at radius 3 is 2.68 bits per heavy atom. The molecular formula is C16H17NO2. The predicted octanol–water partition coefficient (Wildman–Crippen LogP) is 3.10. The van der Waals surface area contributed by atoms with Gasteiger partial charge in [0.25, 0.3) is 0 Å². The molecule has 0 atom stereocenters. The van der Waals surface area contributed by atoms with E-state index in [0.717, 1.165) is 22.4 Å². The number of aliphatic hydroxyl groups is 1. The SMILES string of the molecule is C=Cc1cnc(C)c(OCc2ccccc2)c1CO. The molecule has 0 unspecified atom stereocenters. The molecule has 0 bridgehead atoms. The fourth-order valence-corrected chi connectivity index (χ4v) is 1.91. The number of benzene rings is 1. The highest BCUT2D eigenvalue weighted by atomic mass is 16.5. The fourth-order valence-electron chi connectivity index (χ4n) is 1.91. The molecule has 3 heteroatoms. The van der Waals surface area contributed by atoms with Crippen LogP contribution in [0.3, 0.4) is 0 Å². The van der Waals surface area contributed by atoms with Crippen molar-refractivity contribution in [3.63, 3.8) is 0 Å². The molecule has 0 spiro atoms. The van der Waals surface area contributed by atoms with Crippen LogP contribution in [0.15, 0.2) is 43.1 Å². The minimum absolute atomic E-state index is 0.0885. The van der Waals surface area contributed by atoms with Gasteiger partial charge in [-0.2, -0.15) is 0 Å². The molecule has 1 aromatic heterocycles. The van der Waals surface area contributed by atoms with E-state index in [1.807, 2.05) is 37.3 Å². The highest BCUT2D eigenvalue weighted by molar-refractivity contribution is 5.56. The Labute approximate surface area is 113 Å². The maximum atomic E-state index is 9.50. The Bertz CT molecular complexity index is 564. The Morgan fingerprint density at radius 2 is 2.05 bits per heavy atom. The summed E-state index contributed by atoms with van der Waals surface area (Å²) in [5.74, 6) is 0.642. The summed E-state index contributed by atoms with van der Waals surface area (Å²) in [6, 6.07) is 9.90. The summed E-state index contributed by atoms with van der Waals surface area (Å²) >= 11 is 0. The highest BCUT2D eigenvalue weighted by Gasteiger charge is 2.11. The molecule has 0 amide bonds. The van der Waals surface area contributed by atoms with E-state index in [1.54, 1.807) is 12.3 Å². The first-order valence-electron chi connectivity index (χ1n) is 6.14. The predicted molar refractivity (Wildman–Crippen MR) is 75.8 cm³/mol. The van der Waals surface area contributed by atoms with Crippen LogP contribution in [0.4, 0.5) is 0 Å². The molecule has 0 saturated carbocycles. The molecule has 0 aliphatic heterocycles. The number of hydrogen-bond acceptors (Lipinski definition) is 3. The molecule has 2 aromatic rings. The molecule has 98 valence electrons. The first kappa shape index (κ1) is 13.3. The van der Waals surface area contributed by atoms with Crippen molar-refractivity contribution in [3.8, 4) is 5.75 Å². The quantitative estimate of drug-likeness (QED) is 0.892. The van der Waals surface area contributed by atoms with E-state index in [4.69, 9.17) is 4.74 Å². The monoisotopic (exact) mass is 255 g/mol. The molecule has 0 saturated heterocycles. The Kier molecular flexibility index (Phi) is 4.31. The lowest BCUT2D eigenvalue weighted by atomic mass is 10.1. The van der Waals surface area contributed by atoms with Gasteiger partial charge in [-0.3, -0.25) is 4.98 Å². The lowest BCUT2D eigenvalue weighted by Crippen LogP contribution is -2.04. The third kappa shape index (κ3) is 3.01. The number of aliphatic hydroxyl groups excluding tert-OH is 1. The van der Waals surface area contributed by atoms with E-state index in [-0.39, 0.29) is 6.61 Å². The first-order chi connectivity index (χ1) is 9.26. The maximum Gasteiger partial charge on any atom is 0.147 e. The average molecular weight is 255 g/mol. The van der Waals surface area contributed by atoms with Crippen molar-refractivity contribution >= 4 is 6.08 Å². The lowest BCUT2D eigenvalue weighted by Gasteiger charge is -2.14. The normalized spacial score (nSPS) is 10.2. The van der Waals surface area contributed by atoms with Gasteiger partial charge < -0.3 is 9.84 Å². The Hall–Kier alpha value is -2.13. The van der Waals surface area contributed by atoms with Crippen molar-refractivity contribution in [1.82, 2.24) is 4.98 Å². The van der Waals surface area contributed by atoms with Gasteiger partial charge in [0.15, 0.2) is 0 Å². The molecule has 2 rings (SSSR count). The summed E-state index contributed by atoms with van der Waals surface area (Å²) in [6.07, 6.45) is 3.37. The smallest absolute Gasteiger partial charge is 0.147 e. The van der Waals surface area contributed by atoms with Crippen molar-refractivity contribution in [1.29, 1.82) is 0 Å². The van der Waals surface area contributed by atoms with Gasteiger partial charge in [-0.1, -0.05) is 43.0 Å². The zero-order valence-electron chi connectivity index (χ0n) is 11.0. The van der Waals surface area contributed by atoms with Crippen molar-refractivity contribution in [2.75, 3.05) is 0 Å². The third-order valence-corrected chi connectivity index (χ3v) is 2.95. The van der Waals surface area contributed by atoms with Gasteiger partial charge >= 0.3 is 0 Å². The second kappa shape index (κ2) is 6.16. The van der Waals surface area contributed by atoms with Crippen LogP contribution in [0.2, 0.25) is 0 Å². The number of pyridine rings is 1. The van der Waals surface area contributed by atoms with Crippen LogP contribution >= 0.6 is 0 Å². The Balaban J connectivity index is 2.26. The molecule has 3 nitrogen and oxygen atoms in total. The largest absolute Gasteiger partial charge is 0.487 e. The second-order valence-electron chi connectivity index (χ2n) is 4.24. The van der Waals surface area contributed by atoms with Crippen molar-refractivity contribution < 1.29 is 9.84 Å². The molecule has 1 N–H and O–H groups in total. The zero-order chi connectivity index (χ0) is 13.7. The standard InChI is InChI=1S/C16H17NO2/c1-3-14-9-17-12(2)16(15(14)10-18)19-11-13-7-5-4-6-8-13/h3-9,18H,1,10-11H2,2H3. The minimum Gasteiger partial charge on any atom is -0.487 e. The zero-order valence-corrected chi connectivity index (χ0v) is 11.0. The van der Waals surface area contributed by atoms with Crippen LogP contribution in [-0.4, -0.2) is 10.1 Å². The number of aromatic nitrogens is 1. The van der Waals surface area contributed by atoms with Gasteiger partial charge in [-0.05, 0) is 12.5 Å². The maximum absolute atomic E-state index is 9.50. The van der Waals surface area contributed by atoms with E-state index in [0.29, 0.717) is 12.4 Å². The molecule has 0 aliphatic carbocycles. The number of aryl methyl sites for hydroxylation is 1. The lowest BCUT2D eigenvalue weighted by molar-refractivity contribution is 0.257. The number of hydrogen-bond donors (Lipinski definition) is 1. The van der Waals surface area contributed by atoms with Crippen molar-refractivity contribution in [3.05, 3.63) is 65.5 Å². The van der Waals surface area contributed by atoms with E-state index >= 15 is 0 Å². The van der Waals surface area contributed by atoms with Crippen LogP contribution in [0, 0.1) is 6.92 Å². The van der Waals surface area contributed by atoms with Gasteiger partial charge in [0.2, 0.25) is 0 Å². The van der Waals surface area contributed by atoms with Gasteiger partial charge in [0, 0.05) is 17.3 Å². The van der Waals surface area contributed by atoms with E-state index in [9.17, 15) is 5.11 Å². The van der Waals surface area contributed by atoms with Crippen molar-refractivity contribution in [2.45, 2.75) is 20.1 Å². The molecular weight excluding hydrogens is 238 g/mol. The van der Waals surface area contributed by atoms with Gasteiger partial charge in [0.05, 0.1) is 12.3 Å². The summed E-state index contributed by atoms with van der Waals surface area (Å²) in [7, 11) is 0. The van der Waals surface area contributed by atoms with E-state index in [2.05, 4.69) is 11.6 Å². The molecule has 19 heavy (non-hydrogen) atoms. The Morgan fingerprint density at radius 1 is 1.32 bits per heavy atom. The number of nitrogens with zero attached hydrogens (tertiary/aromatic N) is 1. The molecule has 1 aromatic carbocycles. The summed E-state index contributed by atoms with van der Waals surface area (Å²) in [6.45, 7) is 5.96. The van der Waals surface area contributed by atoms with Gasteiger partial charge in [-0.25, -0.2) is 0 Å². The summed E-state index contributed by atoms with van der Waals surface area (Å²) in [5, 5.41) is 9.50.